The van der Waals surface area contributed by atoms with Crippen LogP contribution >= 0.6 is 11.6 Å². The van der Waals surface area contributed by atoms with Gasteiger partial charge in [0.25, 0.3) is 5.91 Å². The third-order valence-electron chi connectivity index (χ3n) is 2.56. The number of nitrogens with one attached hydrogen (secondary N) is 1. The molecule has 22 heavy (non-hydrogen) atoms. The Hall–Kier alpha value is -2.28. The molecule has 0 spiro atoms. The maximum absolute atomic E-state index is 12.0. The zero-order valence-corrected chi connectivity index (χ0v) is 11.8. The normalized spacial score (nSPS) is 11.1. The van der Waals surface area contributed by atoms with E-state index in [2.05, 4.69) is 15.0 Å². The van der Waals surface area contributed by atoms with Gasteiger partial charge in [0.2, 0.25) is 0 Å². The van der Waals surface area contributed by atoms with Crippen molar-refractivity contribution in [2.24, 2.45) is 0 Å². The van der Waals surface area contributed by atoms with Gasteiger partial charge in [-0.3, -0.25) is 9.78 Å². The van der Waals surface area contributed by atoms with Gasteiger partial charge in [-0.1, -0.05) is 11.6 Å². The number of aromatic nitrogens is 1. The first-order valence-corrected chi connectivity index (χ1v) is 6.45. The van der Waals surface area contributed by atoms with Crippen molar-refractivity contribution in [2.45, 2.75) is 12.9 Å². The molecule has 0 saturated heterocycles. The van der Waals surface area contributed by atoms with E-state index in [9.17, 15) is 18.0 Å². The van der Waals surface area contributed by atoms with Gasteiger partial charge in [0.15, 0.2) is 0 Å². The molecule has 2 rings (SSSR count). The molecule has 1 N–H and O–H groups in total. The summed E-state index contributed by atoms with van der Waals surface area (Å²) in [6, 6.07) is 6.28. The molecule has 8 heteroatoms. The van der Waals surface area contributed by atoms with Crippen LogP contribution in [-0.4, -0.2) is 17.3 Å². The smallest absolute Gasteiger partial charge is 0.406 e. The fourth-order valence-corrected chi connectivity index (χ4v) is 1.84. The van der Waals surface area contributed by atoms with Gasteiger partial charge in [-0.25, -0.2) is 0 Å². The van der Waals surface area contributed by atoms with E-state index in [1.54, 1.807) is 12.3 Å². The van der Waals surface area contributed by atoms with Gasteiger partial charge < -0.3 is 10.1 Å². The van der Waals surface area contributed by atoms with E-state index in [0.29, 0.717) is 10.6 Å². The quantitative estimate of drug-likeness (QED) is 0.932. The fourth-order valence-electron chi connectivity index (χ4n) is 1.64. The third kappa shape index (κ3) is 4.92. The second-order valence-electron chi connectivity index (χ2n) is 4.27. The van der Waals surface area contributed by atoms with E-state index in [-0.39, 0.29) is 17.9 Å². The number of carbonyl (C=O) groups is 1. The van der Waals surface area contributed by atoms with Crippen LogP contribution in [-0.2, 0) is 6.54 Å². The fraction of sp³-hybridized carbons (Fsp3) is 0.143. The molecule has 1 heterocycles. The summed E-state index contributed by atoms with van der Waals surface area (Å²) >= 11 is 5.77. The Labute approximate surface area is 128 Å². The van der Waals surface area contributed by atoms with Gasteiger partial charge in [-0.2, -0.15) is 0 Å². The minimum absolute atomic E-state index is 0.202. The topological polar surface area (TPSA) is 51.2 Å². The summed E-state index contributed by atoms with van der Waals surface area (Å²) in [5.74, 6) is -0.818. The van der Waals surface area contributed by atoms with Crippen LogP contribution in [0.25, 0.3) is 0 Å². The maximum Gasteiger partial charge on any atom is 0.573 e. The predicted octanol–water partition coefficient (Wildman–Crippen LogP) is 3.56. The molecule has 0 unspecified atom stereocenters. The number of ether oxygens (including phenoxy) is 1. The Morgan fingerprint density at radius 3 is 2.50 bits per heavy atom. The number of amides is 1. The molecular weight excluding hydrogens is 321 g/mol. The van der Waals surface area contributed by atoms with Crippen LogP contribution in [0.1, 0.15) is 15.9 Å². The molecule has 4 nitrogen and oxygen atoms in total. The molecule has 0 aliphatic rings. The zero-order chi connectivity index (χ0) is 16.2. The molecule has 0 bridgehead atoms. The van der Waals surface area contributed by atoms with Crippen molar-refractivity contribution in [1.82, 2.24) is 10.3 Å². The van der Waals surface area contributed by atoms with Gasteiger partial charge >= 0.3 is 6.36 Å². The van der Waals surface area contributed by atoms with E-state index >= 15 is 0 Å². The van der Waals surface area contributed by atoms with Crippen molar-refractivity contribution in [3.63, 3.8) is 0 Å². The highest BCUT2D eigenvalue weighted by Crippen LogP contribution is 2.22. The van der Waals surface area contributed by atoms with Crippen molar-refractivity contribution in [3.8, 4) is 5.75 Å². The van der Waals surface area contributed by atoms with E-state index in [1.165, 1.54) is 18.3 Å². The highest BCUT2D eigenvalue weighted by Gasteiger charge is 2.31. The molecule has 0 aliphatic heterocycles. The maximum atomic E-state index is 12.0. The van der Waals surface area contributed by atoms with Gasteiger partial charge in [-0.05, 0) is 35.9 Å². The van der Waals surface area contributed by atoms with Crippen LogP contribution < -0.4 is 10.1 Å². The van der Waals surface area contributed by atoms with Gasteiger partial charge in [0.1, 0.15) is 5.75 Å². The number of benzene rings is 1. The monoisotopic (exact) mass is 330 g/mol. The highest BCUT2D eigenvalue weighted by atomic mass is 35.5. The number of alkyl halides is 3. The van der Waals surface area contributed by atoms with Gasteiger partial charge in [-0.15, -0.1) is 13.2 Å². The number of hydrogen-bond acceptors (Lipinski definition) is 3. The minimum Gasteiger partial charge on any atom is -0.406 e. The Morgan fingerprint density at radius 2 is 1.91 bits per heavy atom. The first kappa shape index (κ1) is 16.1. The second-order valence-corrected chi connectivity index (χ2v) is 4.70. The average molecular weight is 331 g/mol. The third-order valence-corrected chi connectivity index (χ3v) is 2.77. The zero-order valence-electron chi connectivity index (χ0n) is 11.0. The summed E-state index contributed by atoms with van der Waals surface area (Å²) in [7, 11) is 0. The molecule has 116 valence electrons. The van der Waals surface area contributed by atoms with Crippen molar-refractivity contribution in [3.05, 3.63) is 58.9 Å². The minimum atomic E-state index is -4.76. The Morgan fingerprint density at radius 1 is 1.23 bits per heavy atom. The molecule has 0 saturated carbocycles. The molecule has 2 aromatic rings. The van der Waals surface area contributed by atoms with Crippen LogP contribution in [0.15, 0.2) is 42.7 Å². The molecule has 0 atom stereocenters. The first-order chi connectivity index (χ1) is 10.3. The van der Waals surface area contributed by atoms with Crippen molar-refractivity contribution in [2.75, 3.05) is 0 Å². The summed E-state index contributed by atoms with van der Waals surface area (Å²) in [5.41, 5.74) is 0.919. The number of pyridine rings is 1. The molecule has 1 amide bonds. The lowest BCUT2D eigenvalue weighted by molar-refractivity contribution is -0.274. The lowest BCUT2D eigenvalue weighted by Crippen LogP contribution is -2.23. The number of hydrogen-bond donors (Lipinski definition) is 1. The van der Waals surface area contributed by atoms with E-state index < -0.39 is 12.3 Å². The number of rotatable bonds is 4. The SMILES string of the molecule is O=C(NCc1cncc(Cl)c1)c1ccc(OC(F)(F)F)cc1. The van der Waals surface area contributed by atoms with Crippen LogP contribution in [0.3, 0.4) is 0 Å². The van der Waals surface area contributed by atoms with Gasteiger partial charge in [0, 0.05) is 24.5 Å². The average Bonchev–Trinajstić information content (AvgIpc) is 2.44. The van der Waals surface area contributed by atoms with Crippen LogP contribution in [0.4, 0.5) is 13.2 Å². The molecule has 1 aromatic heterocycles. The standard InChI is InChI=1S/C14H10ClF3N2O2/c15-11-5-9(6-19-8-11)7-20-13(21)10-1-3-12(4-2-10)22-14(16,17)18/h1-6,8H,7H2,(H,20,21). The van der Waals surface area contributed by atoms with Crippen molar-refractivity contribution < 1.29 is 22.7 Å². The Kier molecular flexibility index (Phi) is 4.87. The molecule has 0 fully saturated rings. The van der Waals surface area contributed by atoms with Crippen molar-refractivity contribution in [1.29, 1.82) is 0 Å². The Balaban J connectivity index is 1.95. The Bertz CT molecular complexity index is 660. The highest BCUT2D eigenvalue weighted by molar-refractivity contribution is 6.30. The summed E-state index contributed by atoms with van der Waals surface area (Å²) < 4.78 is 39.8. The largest absolute Gasteiger partial charge is 0.573 e. The number of carbonyl (C=O) groups excluding carboxylic acids is 1. The predicted molar refractivity (Wildman–Crippen MR) is 73.5 cm³/mol. The molecule has 1 aromatic carbocycles. The second kappa shape index (κ2) is 6.65. The van der Waals surface area contributed by atoms with Gasteiger partial charge in [0.05, 0.1) is 5.02 Å². The molecule has 0 aliphatic carbocycles. The van der Waals surface area contributed by atoms with E-state index in [1.807, 2.05) is 0 Å². The van der Waals surface area contributed by atoms with E-state index in [0.717, 1.165) is 12.1 Å². The molecular formula is C14H10ClF3N2O2. The summed E-state index contributed by atoms with van der Waals surface area (Å²) in [6.45, 7) is 0.202. The van der Waals surface area contributed by atoms with Crippen molar-refractivity contribution >= 4 is 17.5 Å². The summed E-state index contributed by atoms with van der Waals surface area (Å²) in [4.78, 5) is 15.7. The van der Waals surface area contributed by atoms with Crippen LogP contribution in [0.5, 0.6) is 5.75 Å². The first-order valence-electron chi connectivity index (χ1n) is 6.07. The summed E-state index contributed by atoms with van der Waals surface area (Å²) in [5, 5.41) is 3.05. The molecule has 0 radical (unpaired) electrons. The summed E-state index contributed by atoms with van der Waals surface area (Å²) in [6.07, 6.45) is -1.75. The lowest BCUT2D eigenvalue weighted by atomic mass is 10.2. The van der Waals surface area contributed by atoms with Crippen LogP contribution in [0, 0.1) is 0 Å². The van der Waals surface area contributed by atoms with Crippen LogP contribution in [0.2, 0.25) is 5.02 Å². The number of halogens is 4. The van der Waals surface area contributed by atoms with E-state index in [4.69, 9.17) is 11.6 Å². The number of nitrogens with zero attached hydrogens (tertiary/aromatic N) is 1. The lowest BCUT2D eigenvalue weighted by Gasteiger charge is -2.09.